The van der Waals surface area contributed by atoms with Gasteiger partial charge in [-0.15, -0.1) is 0 Å². The number of benzene rings is 8. The maximum Gasteiger partial charge on any atom is 0.197 e. The lowest BCUT2D eigenvalue weighted by Gasteiger charge is -2.37. The second-order valence-corrected chi connectivity index (χ2v) is 19.7. The molecular weight excluding hydrogens is 839 g/mol. The van der Waals surface area contributed by atoms with E-state index in [0.29, 0.717) is 11.1 Å². The average molecular weight is 902 g/mol. The van der Waals surface area contributed by atoms with Gasteiger partial charge in [-0.2, -0.15) is 0 Å². The van der Waals surface area contributed by atoms with Crippen LogP contribution < -0.4 is 4.90 Å². The Morgan fingerprint density at radius 3 is 1.07 bits per heavy atom. The number of ketones is 2. The van der Waals surface area contributed by atoms with Crippen LogP contribution in [0.1, 0.15) is 125 Å². The normalized spacial score (nSPS) is 13.4. The molecule has 0 unspecified atom stereocenters. The highest BCUT2D eigenvalue weighted by molar-refractivity contribution is 6.41. The number of hydrogen-bond acceptors (Lipinski definition) is 3. The molecule has 0 aliphatic heterocycles. The molecule has 3 heteroatoms. The van der Waals surface area contributed by atoms with Crippen LogP contribution in [0.3, 0.4) is 0 Å². The summed E-state index contributed by atoms with van der Waals surface area (Å²) in [6, 6.07) is 80.3. The number of nitrogens with zero attached hydrogens (tertiary/aromatic N) is 1. The zero-order valence-corrected chi connectivity index (χ0v) is 40.4. The quantitative estimate of drug-likeness (QED) is 0.0373. The van der Waals surface area contributed by atoms with Gasteiger partial charge in [-0.3, -0.25) is 9.59 Å². The fourth-order valence-electron chi connectivity index (χ4n) is 10.8. The van der Waals surface area contributed by atoms with E-state index in [1.54, 1.807) is 6.08 Å². The van der Waals surface area contributed by atoms with Gasteiger partial charge in [0.2, 0.25) is 0 Å². The summed E-state index contributed by atoms with van der Waals surface area (Å²) in [6.07, 6.45) is 7.73. The summed E-state index contributed by atoms with van der Waals surface area (Å²) >= 11 is 0. The Bertz CT molecular complexity index is 2650. The molecule has 0 N–H and O–H groups in total. The molecule has 9 rings (SSSR count). The molecule has 0 amide bonds. The van der Waals surface area contributed by atoms with Crippen LogP contribution in [0.25, 0.3) is 6.08 Å². The topological polar surface area (TPSA) is 37.4 Å². The Kier molecular flexibility index (Phi) is 14.1. The SMILES string of the molecule is CC(C)(C)c1ccc2c(c1)C(=O)/C(=C\c1ccc(N(CCCCC(c3ccccc3)(c3ccccc3)c3ccccc3)CCCCC(c3ccccc3)(c3ccccc3)c3ccccc3)cc1)C2=O. The highest BCUT2D eigenvalue weighted by Gasteiger charge is 2.38. The third-order valence-corrected chi connectivity index (χ3v) is 14.5. The first-order valence-corrected chi connectivity index (χ1v) is 24.8. The van der Waals surface area contributed by atoms with E-state index in [2.05, 4.69) is 232 Å². The van der Waals surface area contributed by atoms with Gasteiger partial charge in [0.1, 0.15) is 0 Å². The van der Waals surface area contributed by atoms with Crippen LogP contribution in [0.15, 0.2) is 230 Å². The predicted molar refractivity (Wildman–Crippen MR) is 287 cm³/mol. The zero-order chi connectivity index (χ0) is 47.7. The van der Waals surface area contributed by atoms with Gasteiger partial charge in [0.05, 0.1) is 5.57 Å². The van der Waals surface area contributed by atoms with Gasteiger partial charge in [-0.05, 0) is 106 Å². The van der Waals surface area contributed by atoms with Crippen LogP contribution in [0.5, 0.6) is 0 Å². The Morgan fingerprint density at radius 2 is 0.725 bits per heavy atom. The molecule has 8 aromatic carbocycles. The fourth-order valence-corrected chi connectivity index (χ4v) is 10.8. The number of allylic oxidation sites excluding steroid dienone is 1. The second kappa shape index (κ2) is 20.9. The van der Waals surface area contributed by atoms with Gasteiger partial charge in [-0.25, -0.2) is 0 Å². The molecule has 0 saturated carbocycles. The molecule has 0 bridgehead atoms. The van der Waals surface area contributed by atoms with Gasteiger partial charge in [0.25, 0.3) is 0 Å². The first-order chi connectivity index (χ1) is 33.7. The Balaban J connectivity index is 0.997. The molecule has 8 aromatic rings. The smallest absolute Gasteiger partial charge is 0.197 e. The van der Waals surface area contributed by atoms with E-state index >= 15 is 0 Å². The highest BCUT2D eigenvalue weighted by Crippen LogP contribution is 2.45. The van der Waals surface area contributed by atoms with Crippen molar-refractivity contribution in [3.05, 3.63) is 286 Å². The average Bonchev–Trinajstić information content (AvgIpc) is 3.63. The summed E-state index contributed by atoms with van der Waals surface area (Å²) in [5.74, 6) is -0.390. The molecule has 344 valence electrons. The highest BCUT2D eigenvalue weighted by atomic mass is 16.2. The molecule has 0 aromatic heterocycles. The van der Waals surface area contributed by atoms with Crippen LogP contribution >= 0.6 is 0 Å². The van der Waals surface area contributed by atoms with Gasteiger partial charge >= 0.3 is 0 Å². The van der Waals surface area contributed by atoms with Gasteiger partial charge in [-0.1, -0.05) is 234 Å². The number of carbonyl (C=O) groups is 2. The van der Waals surface area contributed by atoms with Gasteiger partial charge in [0, 0.05) is 40.7 Å². The minimum atomic E-state index is -0.303. The molecule has 1 aliphatic rings. The zero-order valence-electron chi connectivity index (χ0n) is 40.4. The number of Topliss-reactive ketones (excluding diaryl/α,β-unsaturated/α-hetero) is 2. The third-order valence-electron chi connectivity index (χ3n) is 14.5. The first-order valence-electron chi connectivity index (χ1n) is 24.8. The predicted octanol–water partition coefficient (Wildman–Crippen LogP) is 15.7. The first kappa shape index (κ1) is 46.7. The van der Waals surface area contributed by atoms with E-state index in [1.807, 2.05) is 18.2 Å². The lowest BCUT2D eigenvalue weighted by Crippen LogP contribution is -2.31. The lowest BCUT2D eigenvalue weighted by molar-refractivity contribution is 0.0990. The molecule has 0 saturated heterocycles. The molecular formula is C66H63NO2. The van der Waals surface area contributed by atoms with Crippen LogP contribution in [-0.4, -0.2) is 24.7 Å². The van der Waals surface area contributed by atoms with Crippen molar-refractivity contribution in [1.29, 1.82) is 0 Å². The van der Waals surface area contributed by atoms with E-state index < -0.39 is 0 Å². The van der Waals surface area contributed by atoms with Crippen molar-refractivity contribution >= 4 is 23.3 Å². The maximum absolute atomic E-state index is 13.7. The van der Waals surface area contributed by atoms with Crippen molar-refractivity contribution < 1.29 is 9.59 Å². The summed E-state index contributed by atoms with van der Waals surface area (Å²) in [6.45, 7) is 8.14. The van der Waals surface area contributed by atoms with E-state index in [0.717, 1.165) is 68.4 Å². The lowest BCUT2D eigenvalue weighted by atomic mass is 9.66. The summed E-state index contributed by atoms with van der Waals surface area (Å²) in [5, 5.41) is 0. The fraction of sp³-hybridized carbons (Fsp3) is 0.212. The van der Waals surface area contributed by atoms with E-state index in [-0.39, 0.29) is 33.4 Å². The van der Waals surface area contributed by atoms with Crippen molar-refractivity contribution in [1.82, 2.24) is 0 Å². The van der Waals surface area contributed by atoms with E-state index in [9.17, 15) is 9.59 Å². The molecule has 0 heterocycles. The third kappa shape index (κ3) is 9.83. The molecule has 69 heavy (non-hydrogen) atoms. The maximum atomic E-state index is 13.7. The number of carbonyl (C=O) groups excluding carboxylic acids is 2. The number of unbranched alkanes of at least 4 members (excludes halogenated alkanes) is 2. The van der Waals surface area contributed by atoms with E-state index in [1.165, 1.54) is 33.4 Å². The van der Waals surface area contributed by atoms with Crippen molar-refractivity contribution in [3.8, 4) is 0 Å². The van der Waals surface area contributed by atoms with Crippen LogP contribution in [0, 0.1) is 0 Å². The largest absolute Gasteiger partial charge is 0.372 e. The van der Waals surface area contributed by atoms with Crippen molar-refractivity contribution in [2.24, 2.45) is 0 Å². The molecule has 0 atom stereocenters. The molecule has 3 nitrogen and oxygen atoms in total. The number of hydrogen-bond donors (Lipinski definition) is 0. The number of rotatable bonds is 18. The summed E-state index contributed by atoms with van der Waals surface area (Å²) in [7, 11) is 0. The number of anilines is 1. The minimum Gasteiger partial charge on any atom is -0.372 e. The molecule has 0 radical (unpaired) electrons. The number of fused-ring (bicyclic) bond motifs is 1. The van der Waals surface area contributed by atoms with Crippen molar-refractivity contribution in [3.63, 3.8) is 0 Å². The summed E-state index contributed by atoms with van der Waals surface area (Å²) < 4.78 is 0. The molecule has 0 fully saturated rings. The molecule has 1 aliphatic carbocycles. The Labute approximate surface area is 410 Å². The minimum absolute atomic E-state index is 0.129. The van der Waals surface area contributed by atoms with Gasteiger partial charge < -0.3 is 4.90 Å². The Morgan fingerprint density at radius 1 is 0.377 bits per heavy atom. The van der Waals surface area contributed by atoms with E-state index in [4.69, 9.17) is 0 Å². The summed E-state index contributed by atoms with van der Waals surface area (Å²) in [4.78, 5) is 29.9. The monoisotopic (exact) mass is 901 g/mol. The van der Waals surface area contributed by atoms with Crippen LogP contribution in [-0.2, 0) is 16.2 Å². The van der Waals surface area contributed by atoms with Crippen molar-refractivity contribution in [2.45, 2.75) is 75.5 Å². The molecule has 0 spiro atoms. The second-order valence-electron chi connectivity index (χ2n) is 19.7. The standard InChI is InChI=1S/C66H63NO2/c1-64(2,3)57-40-43-59-60(49-57)63(69)61(62(59)68)48-50-38-41-58(42-39-50)67(46-24-22-44-65(51-26-10-4-11-27-51,52-28-12-5-13-29-52)53-30-14-6-15-31-53)47-25-23-45-66(54-32-16-7-17-33-54,55-34-18-8-19-35-55)56-36-20-9-21-37-56/h4-21,26-43,48-49H,22-25,44-47H2,1-3H3/b61-48-. The summed E-state index contributed by atoms with van der Waals surface area (Å²) in [5.41, 5.74) is 11.4. The Hall–Kier alpha value is -7.36. The van der Waals surface area contributed by atoms with Crippen LogP contribution in [0.4, 0.5) is 5.69 Å². The van der Waals surface area contributed by atoms with Crippen LogP contribution in [0.2, 0.25) is 0 Å². The van der Waals surface area contributed by atoms with Crippen molar-refractivity contribution in [2.75, 3.05) is 18.0 Å². The van der Waals surface area contributed by atoms with Gasteiger partial charge in [0.15, 0.2) is 11.6 Å².